The predicted molar refractivity (Wildman–Crippen MR) is 78.5 cm³/mol. The fraction of sp³-hybridized carbons (Fsp3) is 0.562. The van der Waals surface area contributed by atoms with Crippen molar-refractivity contribution in [3.8, 4) is 11.5 Å². The van der Waals surface area contributed by atoms with Crippen molar-refractivity contribution in [1.29, 1.82) is 0 Å². The first-order valence-electron chi connectivity index (χ1n) is 6.97. The van der Waals surface area contributed by atoms with Gasteiger partial charge in [-0.25, -0.2) is 0 Å². The van der Waals surface area contributed by atoms with Gasteiger partial charge in [-0.2, -0.15) is 0 Å². The summed E-state index contributed by atoms with van der Waals surface area (Å²) in [6.07, 6.45) is 2.08. The number of carbonyl (C=O) groups is 1. The fourth-order valence-corrected chi connectivity index (χ4v) is 2.43. The highest BCUT2D eigenvalue weighted by atomic mass is 16.5. The molecule has 0 saturated carbocycles. The molecule has 1 saturated heterocycles. The van der Waals surface area contributed by atoms with Gasteiger partial charge in [0.15, 0.2) is 0 Å². The first-order valence-corrected chi connectivity index (χ1v) is 6.97. The van der Waals surface area contributed by atoms with E-state index in [2.05, 4.69) is 13.8 Å². The number of rotatable bonds is 3. The highest BCUT2D eigenvalue weighted by molar-refractivity contribution is 5.95. The van der Waals surface area contributed by atoms with Gasteiger partial charge >= 0.3 is 0 Å². The van der Waals surface area contributed by atoms with E-state index >= 15 is 0 Å². The van der Waals surface area contributed by atoms with Crippen LogP contribution in [0.4, 0.5) is 0 Å². The molecule has 110 valence electrons. The van der Waals surface area contributed by atoms with Gasteiger partial charge in [-0.05, 0) is 30.4 Å². The summed E-state index contributed by atoms with van der Waals surface area (Å²) in [4.78, 5) is 14.5. The molecule has 0 aliphatic carbocycles. The predicted octanol–water partition coefficient (Wildman–Crippen LogP) is 2.97. The smallest absolute Gasteiger partial charge is 0.254 e. The zero-order chi connectivity index (χ0) is 14.8. The average Bonchev–Trinajstić information content (AvgIpc) is 2.46. The van der Waals surface area contributed by atoms with E-state index in [1.54, 1.807) is 32.4 Å². The number of amides is 1. The number of ether oxygens (including phenoxy) is 2. The number of piperidine rings is 1. The van der Waals surface area contributed by atoms with Crippen LogP contribution in [0.5, 0.6) is 11.5 Å². The van der Waals surface area contributed by atoms with E-state index in [4.69, 9.17) is 9.47 Å². The number of benzene rings is 1. The van der Waals surface area contributed by atoms with Crippen molar-refractivity contribution in [2.45, 2.75) is 26.7 Å². The number of nitrogens with zero attached hydrogens (tertiary/aromatic N) is 1. The molecule has 1 aliphatic heterocycles. The van der Waals surface area contributed by atoms with Crippen LogP contribution in [0, 0.1) is 5.41 Å². The molecule has 0 bridgehead atoms. The molecule has 1 heterocycles. The lowest BCUT2D eigenvalue weighted by Crippen LogP contribution is -2.41. The fourth-order valence-electron chi connectivity index (χ4n) is 2.43. The monoisotopic (exact) mass is 277 g/mol. The van der Waals surface area contributed by atoms with E-state index in [1.807, 2.05) is 4.90 Å². The quantitative estimate of drug-likeness (QED) is 0.852. The molecule has 0 unspecified atom stereocenters. The first-order chi connectivity index (χ1) is 9.45. The number of carbonyl (C=O) groups excluding carboxylic acids is 1. The van der Waals surface area contributed by atoms with Crippen LogP contribution in [0.2, 0.25) is 0 Å². The number of hydrogen-bond donors (Lipinski definition) is 0. The Morgan fingerprint density at radius 3 is 2.00 bits per heavy atom. The lowest BCUT2D eigenvalue weighted by molar-refractivity contribution is 0.0629. The first kappa shape index (κ1) is 14.7. The molecule has 4 nitrogen and oxygen atoms in total. The van der Waals surface area contributed by atoms with Gasteiger partial charge in [-0.1, -0.05) is 13.8 Å². The van der Waals surface area contributed by atoms with E-state index in [9.17, 15) is 4.79 Å². The summed E-state index contributed by atoms with van der Waals surface area (Å²) in [5.41, 5.74) is 0.962. The molecule has 20 heavy (non-hydrogen) atoms. The Hall–Kier alpha value is -1.71. The molecule has 0 aromatic heterocycles. The maximum atomic E-state index is 12.6. The number of hydrogen-bond acceptors (Lipinski definition) is 3. The SMILES string of the molecule is COc1cc(OC)cc(C(=O)N2CCC(C)(C)CC2)c1. The molecule has 1 aliphatic rings. The van der Waals surface area contributed by atoms with E-state index in [0.29, 0.717) is 22.5 Å². The molecule has 1 amide bonds. The minimum absolute atomic E-state index is 0.0534. The van der Waals surface area contributed by atoms with E-state index in [0.717, 1.165) is 25.9 Å². The Morgan fingerprint density at radius 1 is 1.05 bits per heavy atom. The summed E-state index contributed by atoms with van der Waals surface area (Å²) in [5, 5.41) is 0. The average molecular weight is 277 g/mol. The minimum Gasteiger partial charge on any atom is -0.497 e. The van der Waals surface area contributed by atoms with Crippen molar-refractivity contribution in [3.05, 3.63) is 23.8 Å². The molecule has 1 aromatic carbocycles. The van der Waals surface area contributed by atoms with Crippen molar-refractivity contribution in [3.63, 3.8) is 0 Å². The molecule has 1 aromatic rings. The van der Waals surface area contributed by atoms with Crippen LogP contribution in [0.25, 0.3) is 0 Å². The molecule has 0 N–H and O–H groups in total. The Labute approximate surface area is 120 Å². The van der Waals surface area contributed by atoms with Gasteiger partial charge in [-0.15, -0.1) is 0 Å². The third kappa shape index (κ3) is 3.24. The van der Waals surface area contributed by atoms with Crippen molar-refractivity contribution in [2.24, 2.45) is 5.41 Å². The summed E-state index contributed by atoms with van der Waals surface area (Å²) >= 11 is 0. The van der Waals surface area contributed by atoms with Crippen LogP contribution in [0.3, 0.4) is 0 Å². The maximum absolute atomic E-state index is 12.6. The second-order valence-electron chi connectivity index (χ2n) is 6.06. The molecule has 4 heteroatoms. The Morgan fingerprint density at radius 2 is 1.55 bits per heavy atom. The second-order valence-corrected chi connectivity index (χ2v) is 6.06. The normalized spacial score (nSPS) is 17.7. The lowest BCUT2D eigenvalue weighted by atomic mass is 9.82. The van der Waals surface area contributed by atoms with Crippen molar-refractivity contribution >= 4 is 5.91 Å². The van der Waals surface area contributed by atoms with Crippen LogP contribution in [-0.2, 0) is 0 Å². The van der Waals surface area contributed by atoms with Crippen molar-refractivity contribution in [2.75, 3.05) is 27.3 Å². The molecule has 0 radical (unpaired) electrons. The van der Waals surface area contributed by atoms with Crippen LogP contribution < -0.4 is 9.47 Å². The van der Waals surface area contributed by atoms with Crippen LogP contribution in [0.1, 0.15) is 37.0 Å². The van der Waals surface area contributed by atoms with Gasteiger partial charge < -0.3 is 14.4 Å². The number of likely N-dealkylation sites (tertiary alicyclic amines) is 1. The third-order valence-electron chi connectivity index (χ3n) is 4.00. The van der Waals surface area contributed by atoms with E-state index in [-0.39, 0.29) is 5.91 Å². The van der Waals surface area contributed by atoms with Crippen LogP contribution in [-0.4, -0.2) is 38.1 Å². The Balaban J connectivity index is 2.17. The molecular formula is C16H23NO3. The van der Waals surface area contributed by atoms with Crippen molar-refractivity contribution < 1.29 is 14.3 Å². The van der Waals surface area contributed by atoms with E-state index in [1.165, 1.54) is 0 Å². The zero-order valence-corrected chi connectivity index (χ0v) is 12.7. The standard InChI is InChI=1S/C16H23NO3/c1-16(2)5-7-17(8-6-16)15(18)12-9-13(19-3)11-14(10-12)20-4/h9-11H,5-8H2,1-4H3. The van der Waals surface area contributed by atoms with Crippen LogP contribution in [0.15, 0.2) is 18.2 Å². The summed E-state index contributed by atoms with van der Waals surface area (Å²) < 4.78 is 10.4. The molecule has 0 spiro atoms. The van der Waals surface area contributed by atoms with Gasteiger partial charge in [0.1, 0.15) is 11.5 Å². The second kappa shape index (κ2) is 5.73. The highest BCUT2D eigenvalue weighted by Crippen LogP contribution is 2.31. The van der Waals surface area contributed by atoms with Crippen molar-refractivity contribution in [1.82, 2.24) is 4.90 Å². The van der Waals surface area contributed by atoms with Gasteiger partial charge in [0, 0.05) is 24.7 Å². The summed E-state index contributed by atoms with van der Waals surface area (Å²) in [5.74, 6) is 1.34. The molecule has 1 fully saturated rings. The van der Waals surface area contributed by atoms with Gasteiger partial charge in [0.25, 0.3) is 5.91 Å². The topological polar surface area (TPSA) is 38.8 Å². The van der Waals surface area contributed by atoms with Crippen LogP contribution >= 0.6 is 0 Å². The van der Waals surface area contributed by atoms with Gasteiger partial charge in [-0.3, -0.25) is 4.79 Å². The Bertz CT molecular complexity index is 464. The molecular weight excluding hydrogens is 254 g/mol. The maximum Gasteiger partial charge on any atom is 0.254 e. The number of methoxy groups -OCH3 is 2. The lowest BCUT2D eigenvalue weighted by Gasteiger charge is -2.37. The molecule has 2 rings (SSSR count). The Kier molecular flexibility index (Phi) is 4.21. The van der Waals surface area contributed by atoms with Gasteiger partial charge in [0.2, 0.25) is 0 Å². The van der Waals surface area contributed by atoms with E-state index < -0.39 is 0 Å². The molecule has 0 atom stereocenters. The minimum atomic E-state index is 0.0534. The zero-order valence-electron chi connectivity index (χ0n) is 12.7. The summed E-state index contributed by atoms with van der Waals surface area (Å²) in [7, 11) is 3.18. The summed E-state index contributed by atoms with van der Waals surface area (Å²) in [6.45, 7) is 6.13. The highest BCUT2D eigenvalue weighted by Gasteiger charge is 2.28. The van der Waals surface area contributed by atoms with Gasteiger partial charge in [0.05, 0.1) is 14.2 Å². The summed E-state index contributed by atoms with van der Waals surface area (Å²) in [6, 6.07) is 5.31. The largest absolute Gasteiger partial charge is 0.497 e. The third-order valence-corrected chi connectivity index (χ3v) is 4.00.